The maximum Gasteiger partial charge on any atom is 0.259 e. The van der Waals surface area contributed by atoms with Crippen molar-refractivity contribution in [3.63, 3.8) is 0 Å². The second kappa shape index (κ2) is 6.48. The summed E-state index contributed by atoms with van der Waals surface area (Å²) in [6.45, 7) is 0. The Labute approximate surface area is 135 Å². The SMILES string of the molecule is COc1cc(Br)ccc1C(=O)Nc1ccc(Cl)c(Cl)c1. The molecule has 2 aromatic rings. The van der Waals surface area contributed by atoms with Gasteiger partial charge >= 0.3 is 0 Å². The summed E-state index contributed by atoms with van der Waals surface area (Å²) in [4.78, 5) is 12.2. The van der Waals surface area contributed by atoms with Crippen LogP contribution in [-0.2, 0) is 0 Å². The van der Waals surface area contributed by atoms with Gasteiger partial charge in [-0.05, 0) is 36.4 Å². The molecular weight excluding hydrogens is 365 g/mol. The fraction of sp³-hybridized carbons (Fsp3) is 0.0714. The van der Waals surface area contributed by atoms with Gasteiger partial charge in [0.05, 0.1) is 22.7 Å². The summed E-state index contributed by atoms with van der Waals surface area (Å²) >= 11 is 15.1. The highest BCUT2D eigenvalue weighted by Crippen LogP contribution is 2.27. The fourth-order valence-electron chi connectivity index (χ4n) is 1.62. The molecule has 20 heavy (non-hydrogen) atoms. The van der Waals surface area contributed by atoms with E-state index in [9.17, 15) is 4.79 Å². The Morgan fingerprint density at radius 1 is 1.15 bits per heavy atom. The van der Waals surface area contributed by atoms with Crippen LogP contribution in [0.1, 0.15) is 10.4 Å². The van der Waals surface area contributed by atoms with Gasteiger partial charge in [0.25, 0.3) is 5.91 Å². The first-order valence-corrected chi connectivity index (χ1v) is 7.16. The molecule has 0 fully saturated rings. The average molecular weight is 375 g/mol. The van der Waals surface area contributed by atoms with Crippen LogP contribution in [0.4, 0.5) is 5.69 Å². The third-order valence-electron chi connectivity index (χ3n) is 2.59. The number of methoxy groups -OCH3 is 1. The summed E-state index contributed by atoms with van der Waals surface area (Å²) in [5.74, 6) is 0.199. The van der Waals surface area contributed by atoms with E-state index in [2.05, 4.69) is 21.2 Å². The number of benzene rings is 2. The molecule has 2 aromatic carbocycles. The molecule has 0 spiro atoms. The van der Waals surface area contributed by atoms with Gasteiger partial charge in [0.1, 0.15) is 5.75 Å². The van der Waals surface area contributed by atoms with E-state index in [-0.39, 0.29) is 5.91 Å². The van der Waals surface area contributed by atoms with Crippen LogP contribution in [0.25, 0.3) is 0 Å². The molecule has 0 bridgehead atoms. The Hall–Kier alpha value is -1.23. The van der Waals surface area contributed by atoms with Crippen LogP contribution in [0.2, 0.25) is 10.0 Å². The summed E-state index contributed by atoms with van der Waals surface area (Å²) in [5, 5.41) is 3.56. The molecule has 6 heteroatoms. The van der Waals surface area contributed by atoms with Crippen molar-refractivity contribution < 1.29 is 9.53 Å². The predicted molar refractivity (Wildman–Crippen MR) is 85.1 cm³/mol. The lowest BCUT2D eigenvalue weighted by molar-refractivity contribution is 0.102. The fourth-order valence-corrected chi connectivity index (χ4v) is 2.26. The zero-order valence-corrected chi connectivity index (χ0v) is 13.5. The summed E-state index contributed by atoms with van der Waals surface area (Å²) in [7, 11) is 1.51. The maximum atomic E-state index is 12.2. The van der Waals surface area contributed by atoms with Gasteiger partial charge in [-0.2, -0.15) is 0 Å². The lowest BCUT2D eigenvalue weighted by Gasteiger charge is -2.10. The van der Waals surface area contributed by atoms with E-state index in [0.717, 1.165) is 4.47 Å². The monoisotopic (exact) mass is 373 g/mol. The van der Waals surface area contributed by atoms with Crippen LogP contribution in [0.15, 0.2) is 40.9 Å². The van der Waals surface area contributed by atoms with Crippen LogP contribution in [0.5, 0.6) is 5.75 Å². The van der Waals surface area contributed by atoms with Gasteiger partial charge in [-0.1, -0.05) is 39.1 Å². The summed E-state index contributed by atoms with van der Waals surface area (Å²) in [6, 6.07) is 10.1. The molecule has 0 aromatic heterocycles. The standard InChI is InChI=1S/C14H10BrCl2NO2/c1-20-13-6-8(15)2-4-10(13)14(19)18-9-3-5-11(16)12(17)7-9/h2-7H,1H3,(H,18,19). The van der Waals surface area contributed by atoms with Gasteiger partial charge in [0.2, 0.25) is 0 Å². The number of hydrogen-bond donors (Lipinski definition) is 1. The lowest BCUT2D eigenvalue weighted by Crippen LogP contribution is -2.13. The Bertz CT molecular complexity index is 662. The number of hydrogen-bond acceptors (Lipinski definition) is 2. The number of anilines is 1. The molecule has 0 aliphatic heterocycles. The number of nitrogens with one attached hydrogen (secondary N) is 1. The zero-order chi connectivity index (χ0) is 14.7. The predicted octanol–water partition coefficient (Wildman–Crippen LogP) is 5.02. The number of carbonyl (C=O) groups excluding carboxylic acids is 1. The second-order valence-electron chi connectivity index (χ2n) is 3.93. The highest BCUT2D eigenvalue weighted by Gasteiger charge is 2.13. The van der Waals surface area contributed by atoms with Gasteiger partial charge in [-0.25, -0.2) is 0 Å². The topological polar surface area (TPSA) is 38.3 Å². The average Bonchev–Trinajstić information content (AvgIpc) is 2.42. The van der Waals surface area contributed by atoms with E-state index < -0.39 is 0 Å². The summed E-state index contributed by atoms with van der Waals surface area (Å²) in [5.41, 5.74) is 0.996. The van der Waals surface area contributed by atoms with Crippen molar-refractivity contribution in [1.29, 1.82) is 0 Å². The van der Waals surface area contributed by atoms with Gasteiger partial charge in [0, 0.05) is 10.2 Å². The lowest BCUT2D eigenvalue weighted by atomic mass is 10.2. The molecule has 2 rings (SSSR count). The first kappa shape index (κ1) is 15.2. The Morgan fingerprint density at radius 3 is 2.55 bits per heavy atom. The molecule has 1 N–H and O–H groups in total. The third kappa shape index (κ3) is 3.45. The van der Waals surface area contributed by atoms with E-state index >= 15 is 0 Å². The first-order valence-electron chi connectivity index (χ1n) is 5.61. The molecule has 0 heterocycles. The minimum absolute atomic E-state index is 0.285. The number of carbonyl (C=O) groups is 1. The molecule has 0 unspecified atom stereocenters. The van der Waals surface area contributed by atoms with Crippen LogP contribution < -0.4 is 10.1 Å². The number of halogens is 3. The summed E-state index contributed by atoms with van der Waals surface area (Å²) in [6.07, 6.45) is 0. The molecule has 0 saturated carbocycles. The molecule has 3 nitrogen and oxygen atoms in total. The Morgan fingerprint density at radius 2 is 1.90 bits per heavy atom. The normalized spacial score (nSPS) is 10.2. The van der Waals surface area contributed by atoms with Crippen LogP contribution >= 0.6 is 39.1 Å². The number of rotatable bonds is 3. The Kier molecular flexibility index (Phi) is 4.91. The number of amides is 1. The van der Waals surface area contributed by atoms with Crippen molar-refractivity contribution in [3.8, 4) is 5.75 Å². The highest BCUT2D eigenvalue weighted by molar-refractivity contribution is 9.10. The van der Waals surface area contributed by atoms with Crippen molar-refractivity contribution >= 4 is 50.7 Å². The van der Waals surface area contributed by atoms with Gasteiger partial charge in [-0.15, -0.1) is 0 Å². The molecule has 1 amide bonds. The quantitative estimate of drug-likeness (QED) is 0.819. The molecule has 0 aliphatic carbocycles. The van der Waals surface area contributed by atoms with Crippen molar-refractivity contribution in [2.45, 2.75) is 0 Å². The van der Waals surface area contributed by atoms with Gasteiger partial charge < -0.3 is 10.1 Å². The smallest absolute Gasteiger partial charge is 0.259 e. The van der Waals surface area contributed by atoms with E-state index in [1.54, 1.807) is 36.4 Å². The van der Waals surface area contributed by atoms with Crippen molar-refractivity contribution in [2.75, 3.05) is 12.4 Å². The van der Waals surface area contributed by atoms with E-state index in [0.29, 0.717) is 27.0 Å². The van der Waals surface area contributed by atoms with E-state index in [4.69, 9.17) is 27.9 Å². The minimum Gasteiger partial charge on any atom is -0.496 e. The third-order valence-corrected chi connectivity index (χ3v) is 3.82. The second-order valence-corrected chi connectivity index (χ2v) is 5.66. The zero-order valence-electron chi connectivity index (χ0n) is 10.4. The molecule has 0 aliphatic rings. The molecular formula is C14H10BrCl2NO2. The summed E-state index contributed by atoms with van der Waals surface area (Å²) < 4.78 is 6.02. The Balaban J connectivity index is 2.25. The molecule has 104 valence electrons. The largest absolute Gasteiger partial charge is 0.496 e. The maximum absolute atomic E-state index is 12.2. The van der Waals surface area contributed by atoms with Crippen molar-refractivity contribution in [1.82, 2.24) is 0 Å². The molecule has 0 radical (unpaired) electrons. The van der Waals surface area contributed by atoms with Crippen LogP contribution in [0, 0.1) is 0 Å². The molecule has 0 saturated heterocycles. The highest BCUT2D eigenvalue weighted by atomic mass is 79.9. The van der Waals surface area contributed by atoms with Crippen molar-refractivity contribution in [3.05, 3.63) is 56.5 Å². The molecule has 0 atom stereocenters. The minimum atomic E-state index is -0.285. The van der Waals surface area contributed by atoms with Gasteiger partial charge in [0.15, 0.2) is 0 Å². The number of ether oxygens (including phenoxy) is 1. The van der Waals surface area contributed by atoms with Crippen molar-refractivity contribution in [2.24, 2.45) is 0 Å². The van der Waals surface area contributed by atoms with Gasteiger partial charge in [-0.3, -0.25) is 4.79 Å². The van der Waals surface area contributed by atoms with E-state index in [1.165, 1.54) is 7.11 Å². The van der Waals surface area contributed by atoms with Crippen LogP contribution in [-0.4, -0.2) is 13.0 Å². The first-order chi connectivity index (χ1) is 9.51. The van der Waals surface area contributed by atoms with E-state index in [1.807, 2.05) is 0 Å². The van der Waals surface area contributed by atoms with Crippen LogP contribution in [0.3, 0.4) is 0 Å².